The Morgan fingerprint density at radius 3 is 2.25 bits per heavy atom. The molecule has 1 unspecified atom stereocenters. The average molecular weight is 413 g/mol. The first kappa shape index (κ1) is 20.8. The lowest BCUT2D eigenvalue weighted by Gasteiger charge is -2.37. The van der Waals surface area contributed by atoms with Gasteiger partial charge in [0.05, 0.1) is 0 Å². The molecule has 28 heavy (non-hydrogen) atoms. The highest BCUT2D eigenvalue weighted by molar-refractivity contribution is 6.21. The monoisotopic (exact) mass is 412 g/mol. The number of benzene rings is 1. The standard InChI is InChI=1S/C19H27ClF2N6/c1-17(2,3)25-15-24-16(28-11-5-4-6-12-28)27-19(23,26-15)14-9-7-13(8-10-14)18(20,21)22/h7-10H,4-6,11-12,23H2,1-3H3,(H2,24,25,26,27). The first-order valence-electron chi connectivity index (χ1n) is 9.43. The fourth-order valence-corrected chi connectivity index (χ4v) is 3.35. The van der Waals surface area contributed by atoms with Crippen LogP contribution in [0.4, 0.5) is 8.78 Å². The van der Waals surface area contributed by atoms with Gasteiger partial charge in [0.25, 0.3) is 0 Å². The largest absolute Gasteiger partial charge is 0.351 e. The predicted molar refractivity (Wildman–Crippen MR) is 108 cm³/mol. The van der Waals surface area contributed by atoms with Crippen molar-refractivity contribution in [2.24, 2.45) is 15.7 Å². The quantitative estimate of drug-likeness (QED) is 0.652. The number of alkyl halides is 3. The van der Waals surface area contributed by atoms with Crippen LogP contribution in [0.2, 0.25) is 0 Å². The van der Waals surface area contributed by atoms with E-state index in [1.807, 2.05) is 20.8 Å². The van der Waals surface area contributed by atoms with E-state index in [0.717, 1.165) is 25.9 Å². The number of likely N-dealkylation sites (tertiary alicyclic amines) is 1. The number of nitrogens with two attached hydrogens (primary N) is 1. The van der Waals surface area contributed by atoms with Crippen molar-refractivity contribution in [3.63, 3.8) is 0 Å². The maximum Gasteiger partial charge on any atom is 0.348 e. The van der Waals surface area contributed by atoms with E-state index in [0.29, 0.717) is 17.5 Å². The van der Waals surface area contributed by atoms with Crippen LogP contribution in [-0.2, 0) is 11.2 Å². The van der Waals surface area contributed by atoms with E-state index >= 15 is 0 Å². The second-order valence-corrected chi connectivity index (χ2v) is 8.72. The second kappa shape index (κ2) is 7.48. The third-order valence-electron chi connectivity index (χ3n) is 4.57. The molecule has 3 rings (SSSR count). The summed E-state index contributed by atoms with van der Waals surface area (Å²) in [5.74, 6) is -0.292. The minimum absolute atomic E-state index is 0.248. The van der Waals surface area contributed by atoms with E-state index < -0.39 is 11.2 Å². The second-order valence-electron chi connectivity index (χ2n) is 8.24. The number of aliphatic imine (C=N–C) groups is 2. The van der Waals surface area contributed by atoms with Crippen LogP contribution in [0.1, 0.15) is 51.2 Å². The molecule has 6 nitrogen and oxygen atoms in total. The van der Waals surface area contributed by atoms with Crippen LogP contribution in [0, 0.1) is 0 Å². The van der Waals surface area contributed by atoms with E-state index in [9.17, 15) is 8.78 Å². The summed E-state index contributed by atoms with van der Waals surface area (Å²) in [6, 6.07) is 5.49. The van der Waals surface area contributed by atoms with E-state index in [4.69, 9.17) is 17.3 Å². The van der Waals surface area contributed by atoms with E-state index in [1.54, 1.807) is 0 Å². The number of guanidine groups is 2. The molecule has 154 valence electrons. The molecule has 0 amide bonds. The maximum absolute atomic E-state index is 13.3. The van der Waals surface area contributed by atoms with Crippen LogP contribution < -0.4 is 16.4 Å². The Balaban J connectivity index is 1.97. The van der Waals surface area contributed by atoms with Gasteiger partial charge in [-0.25, -0.2) is 9.98 Å². The number of hydrogen-bond acceptors (Lipinski definition) is 6. The van der Waals surface area contributed by atoms with Crippen LogP contribution >= 0.6 is 11.6 Å². The molecular formula is C19H27ClF2N6. The zero-order valence-electron chi connectivity index (χ0n) is 16.4. The Labute approximate surface area is 169 Å². The summed E-state index contributed by atoms with van der Waals surface area (Å²) >= 11 is 5.11. The Bertz CT molecular complexity index is 760. The van der Waals surface area contributed by atoms with Crippen molar-refractivity contribution in [1.82, 2.24) is 15.5 Å². The van der Waals surface area contributed by atoms with Gasteiger partial charge in [0.2, 0.25) is 17.7 Å². The molecule has 0 saturated carbocycles. The van der Waals surface area contributed by atoms with Crippen molar-refractivity contribution >= 4 is 23.5 Å². The van der Waals surface area contributed by atoms with Crippen LogP contribution in [-0.4, -0.2) is 35.4 Å². The Hall–Kier alpha value is -1.93. The molecule has 2 heterocycles. The minimum Gasteiger partial charge on any atom is -0.351 e. The van der Waals surface area contributed by atoms with E-state index in [1.165, 1.54) is 30.7 Å². The van der Waals surface area contributed by atoms with Crippen molar-refractivity contribution in [1.29, 1.82) is 0 Å². The molecule has 0 aliphatic carbocycles. The Morgan fingerprint density at radius 2 is 1.71 bits per heavy atom. The smallest absolute Gasteiger partial charge is 0.348 e. The molecule has 2 aliphatic heterocycles. The summed E-state index contributed by atoms with van der Waals surface area (Å²) in [5.41, 5.74) is 6.50. The highest BCUT2D eigenvalue weighted by Crippen LogP contribution is 2.34. The summed E-state index contributed by atoms with van der Waals surface area (Å²) in [6.07, 6.45) is 3.35. The number of piperidine rings is 1. The molecule has 1 aromatic rings. The summed E-state index contributed by atoms with van der Waals surface area (Å²) in [5, 5.41) is 3.10. The number of hydrogen-bond donors (Lipinski definition) is 3. The van der Waals surface area contributed by atoms with Gasteiger partial charge in [-0.1, -0.05) is 24.3 Å². The summed E-state index contributed by atoms with van der Waals surface area (Å²) in [4.78, 5) is 11.3. The number of nitrogens with zero attached hydrogens (tertiary/aromatic N) is 3. The van der Waals surface area contributed by atoms with Crippen molar-refractivity contribution in [3.8, 4) is 0 Å². The molecule has 9 heteroatoms. The van der Waals surface area contributed by atoms with E-state index in [-0.39, 0.29) is 11.1 Å². The predicted octanol–water partition coefficient (Wildman–Crippen LogP) is 3.23. The first-order chi connectivity index (χ1) is 13.0. The van der Waals surface area contributed by atoms with Gasteiger partial charge in [-0.05, 0) is 51.6 Å². The topological polar surface area (TPSA) is 78.0 Å². The first-order valence-corrected chi connectivity index (χ1v) is 9.81. The summed E-state index contributed by atoms with van der Waals surface area (Å²) in [6.45, 7) is 7.79. The molecule has 0 spiro atoms. The van der Waals surface area contributed by atoms with Gasteiger partial charge in [0.1, 0.15) is 0 Å². The zero-order chi connectivity index (χ0) is 20.6. The molecule has 0 aromatic heterocycles. The third kappa shape index (κ3) is 4.91. The highest BCUT2D eigenvalue weighted by Gasteiger charge is 2.35. The molecule has 1 fully saturated rings. The third-order valence-corrected chi connectivity index (χ3v) is 4.79. The molecule has 4 N–H and O–H groups in total. The molecule has 1 saturated heterocycles. The molecule has 0 bridgehead atoms. The lowest BCUT2D eigenvalue weighted by Crippen LogP contribution is -2.59. The minimum atomic E-state index is -3.43. The molecular weight excluding hydrogens is 386 g/mol. The zero-order valence-corrected chi connectivity index (χ0v) is 17.2. The van der Waals surface area contributed by atoms with Gasteiger partial charge >= 0.3 is 5.38 Å². The molecule has 0 radical (unpaired) electrons. The molecule has 1 aromatic carbocycles. The SMILES string of the molecule is CC(C)(C)NC1=NC(N)(c2ccc(C(F)(F)Cl)cc2)N=C(N2CCCCC2)N1. The van der Waals surface area contributed by atoms with Gasteiger partial charge in [0.15, 0.2) is 0 Å². The van der Waals surface area contributed by atoms with Gasteiger partial charge in [-0.3, -0.25) is 11.1 Å². The van der Waals surface area contributed by atoms with Crippen LogP contribution in [0.5, 0.6) is 0 Å². The van der Waals surface area contributed by atoms with Crippen molar-refractivity contribution in [2.45, 2.75) is 56.7 Å². The number of halogens is 3. The lowest BCUT2D eigenvalue weighted by atomic mass is 10.1. The van der Waals surface area contributed by atoms with Crippen LogP contribution in [0.3, 0.4) is 0 Å². The van der Waals surface area contributed by atoms with Crippen molar-refractivity contribution < 1.29 is 8.78 Å². The van der Waals surface area contributed by atoms with Crippen molar-refractivity contribution in [2.75, 3.05) is 13.1 Å². The summed E-state index contributed by atoms with van der Waals surface area (Å²) in [7, 11) is 0. The Kier molecular flexibility index (Phi) is 5.55. The fraction of sp³-hybridized carbons (Fsp3) is 0.579. The van der Waals surface area contributed by atoms with Crippen LogP contribution in [0.25, 0.3) is 0 Å². The lowest BCUT2D eigenvalue weighted by molar-refractivity contribution is 0.0951. The molecule has 1 atom stereocenters. The molecule has 2 aliphatic rings. The van der Waals surface area contributed by atoms with Gasteiger partial charge in [-0.2, -0.15) is 8.78 Å². The maximum atomic E-state index is 13.3. The average Bonchev–Trinajstić information content (AvgIpc) is 2.60. The fourth-order valence-electron chi connectivity index (χ4n) is 3.22. The van der Waals surface area contributed by atoms with Gasteiger partial charge in [-0.15, -0.1) is 0 Å². The van der Waals surface area contributed by atoms with E-state index in [2.05, 4.69) is 25.5 Å². The normalized spacial score (nSPS) is 23.6. The summed E-state index contributed by atoms with van der Waals surface area (Å²) < 4.78 is 26.7. The van der Waals surface area contributed by atoms with Crippen molar-refractivity contribution in [3.05, 3.63) is 35.4 Å². The highest BCUT2D eigenvalue weighted by atomic mass is 35.5. The number of rotatable bonds is 2. The van der Waals surface area contributed by atoms with Gasteiger partial charge in [0, 0.05) is 29.8 Å². The van der Waals surface area contributed by atoms with Gasteiger partial charge < -0.3 is 10.2 Å². The Morgan fingerprint density at radius 1 is 1.11 bits per heavy atom. The van der Waals surface area contributed by atoms with Crippen LogP contribution in [0.15, 0.2) is 34.3 Å². The number of nitrogens with one attached hydrogen (secondary N) is 2.